The number of carbonyl (C=O) groups is 1. The molecule has 21 heavy (non-hydrogen) atoms. The lowest BCUT2D eigenvalue weighted by Crippen LogP contribution is -2.47. The minimum Gasteiger partial charge on any atom is -0.480 e. The highest BCUT2D eigenvalue weighted by atomic mass is 32.2. The van der Waals surface area contributed by atoms with Crippen LogP contribution in [0.25, 0.3) is 0 Å². The summed E-state index contributed by atoms with van der Waals surface area (Å²) in [6, 6.07) is 7.79. The molecule has 1 aliphatic heterocycles. The van der Waals surface area contributed by atoms with Crippen molar-refractivity contribution in [1.82, 2.24) is 8.61 Å². The van der Waals surface area contributed by atoms with Crippen molar-refractivity contribution >= 4 is 16.2 Å². The fourth-order valence-corrected chi connectivity index (χ4v) is 3.89. The van der Waals surface area contributed by atoms with Crippen LogP contribution in [0.4, 0.5) is 0 Å². The van der Waals surface area contributed by atoms with Gasteiger partial charge in [0.25, 0.3) is 10.2 Å². The van der Waals surface area contributed by atoms with Crippen LogP contribution in [0.15, 0.2) is 30.3 Å². The zero-order valence-electron chi connectivity index (χ0n) is 11.6. The molecule has 1 fully saturated rings. The molecule has 1 heterocycles. The van der Waals surface area contributed by atoms with Crippen LogP contribution >= 0.6 is 0 Å². The highest BCUT2D eigenvalue weighted by molar-refractivity contribution is 7.86. The van der Waals surface area contributed by atoms with Gasteiger partial charge in [-0.15, -0.1) is 0 Å². The molecule has 0 amide bonds. The number of rotatable bonds is 5. The van der Waals surface area contributed by atoms with E-state index in [1.165, 1.54) is 7.05 Å². The Hall–Kier alpha value is -1.48. The Kier molecular flexibility index (Phi) is 4.62. The summed E-state index contributed by atoms with van der Waals surface area (Å²) >= 11 is 0. The third kappa shape index (κ3) is 3.41. The number of aliphatic carboxylic acids is 1. The Morgan fingerprint density at radius 2 is 2.00 bits per heavy atom. The molecule has 0 aromatic heterocycles. The number of hydrogen-bond acceptors (Lipinski definition) is 4. The average Bonchev–Trinajstić information content (AvgIpc) is 2.83. The second kappa shape index (κ2) is 6.10. The van der Waals surface area contributed by atoms with Crippen molar-refractivity contribution in [2.75, 3.05) is 13.6 Å². The number of benzene rings is 1. The summed E-state index contributed by atoms with van der Waals surface area (Å²) in [5.41, 5.74) is 0.801. The SMILES string of the molecule is CN(Cc1ccccc1)S(=O)(=O)N1CC(O)C[C@H]1C(=O)O. The maximum Gasteiger partial charge on any atom is 0.322 e. The van der Waals surface area contributed by atoms with Gasteiger partial charge in [-0.3, -0.25) is 4.79 Å². The molecule has 1 aromatic rings. The van der Waals surface area contributed by atoms with Gasteiger partial charge < -0.3 is 10.2 Å². The molecule has 1 unspecified atom stereocenters. The van der Waals surface area contributed by atoms with Crippen molar-refractivity contribution in [3.8, 4) is 0 Å². The molecule has 0 radical (unpaired) electrons. The van der Waals surface area contributed by atoms with Gasteiger partial charge in [0, 0.05) is 26.6 Å². The molecule has 2 N–H and O–H groups in total. The molecule has 1 aliphatic rings. The summed E-state index contributed by atoms with van der Waals surface area (Å²) in [6.45, 7) is -0.0550. The molecule has 116 valence electrons. The van der Waals surface area contributed by atoms with E-state index in [0.717, 1.165) is 14.2 Å². The topological polar surface area (TPSA) is 98.2 Å². The van der Waals surface area contributed by atoms with Crippen molar-refractivity contribution in [3.63, 3.8) is 0 Å². The first-order valence-electron chi connectivity index (χ1n) is 6.50. The van der Waals surface area contributed by atoms with Gasteiger partial charge in [0.05, 0.1) is 6.10 Å². The Labute approximate surface area is 123 Å². The second-order valence-corrected chi connectivity index (χ2v) is 7.05. The first-order chi connectivity index (χ1) is 9.82. The van der Waals surface area contributed by atoms with Gasteiger partial charge in [0.2, 0.25) is 0 Å². The maximum absolute atomic E-state index is 12.5. The van der Waals surface area contributed by atoms with Crippen molar-refractivity contribution in [2.24, 2.45) is 0 Å². The van der Waals surface area contributed by atoms with Crippen molar-refractivity contribution in [3.05, 3.63) is 35.9 Å². The highest BCUT2D eigenvalue weighted by Gasteiger charge is 2.44. The van der Waals surface area contributed by atoms with Crippen LogP contribution in [0.1, 0.15) is 12.0 Å². The number of carboxylic acid groups (broad SMARTS) is 1. The summed E-state index contributed by atoms with van der Waals surface area (Å²) in [5, 5.41) is 18.7. The number of carboxylic acids is 1. The van der Waals surface area contributed by atoms with E-state index >= 15 is 0 Å². The number of nitrogens with zero attached hydrogens (tertiary/aromatic N) is 2. The van der Waals surface area contributed by atoms with Crippen molar-refractivity contribution < 1.29 is 23.4 Å². The van der Waals surface area contributed by atoms with E-state index in [2.05, 4.69) is 0 Å². The normalized spacial score (nSPS) is 23.6. The van der Waals surface area contributed by atoms with Crippen molar-refractivity contribution in [1.29, 1.82) is 0 Å². The predicted molar refractivity (Wildman–Crippen MR) is 75.6 cm³/mol. The molecule has 1 aromatic carbocycles. The lowest BCUT2D eigenvalue weighted by molar-refractivity contribution is -0.140. The monoisotopic (exact) mass is 314 g/mol. The second-order valence-electron chi connectivity index (χ2n) is 5.06. The zero-order valence-corrected chi connectivity index (χ0v) is 12.4. The smallest absolute Gasteiger partial charge is 0.322 e. The molecule has 2 rings (SSSR count). The van der Waals surface area contributed by atoms with Gasteiger partial charge in [-0.25, -0.2) is 0 Å². The van der Waals surface area contributed by atoms with Gasteiger partial charge in [-0.1, -0.05) is 30.3 Å². The fraction of sp³-hybridized carbons (Fsp3) is 0.462. The number of aliphatic hydroxyl groups is 1. The average molecular weight is 314 g/mol. The Morgan fingerprint density at radius 3 is 2.57 bits per heavy atom. The minimum absolute atomic E-state index is 0.0895. The van der Waals surface area contributed by atoms with Crippen LogP contribution in [0, 0.1) is 0 Å². The molecule has 0 bridgehead atoms. The molecule has 2 atom stereocenters. The molecule has 0 aliphatic carbocycles. The fourth-order valence-electron chi connectivity index (χ4n) is 2.36. The Morgan fingerprint density at radius 1 is 1.38 bits per heavy atom. The largest absolute Gasteiger partial charge is 0.480 e. The molecule has 7 nitrogen and oxygen atoms in total. The van der Waals surface area contributed by atoms with Gasteiger partial charge in [0.1, 0.15) is 6.04 Å². The molecule has 1 saturated heterocycles. The zero-order chi connectivity index (χ0) is 15.6. The van der Waals surface area contributed by atoms with Gasteiger partial charge >= 0.3 is 5.97 Å². The third-order valence-corrected chi connectivity index (χ3v) is 5.37. The van der Waals surface area contributed by atoms with E-state index in [0.29, 0.717) is 0 Å². The van der Waals surface area contributed by atoms with Crippen LogP contribution in [-0.2, 0) is 21.5 Å². The standard InChI is InChI=1S/C13H18N2O5S/c1-14(8-10-5-3-2-4-6-10)21(19,20)15-9-11(16)7-12(15)13(17)18/h2-6,11-12,16H,7-9H2,1H3,(H,17,18)/t11?,12-/m0/s1. The van der Waals surface area contributed by atoms with E-state index in [1.54, 1.807) is 24.3 Å². The van der Waals surface area contributed by atoms with E-state index < -0.39 is 28.3 Å². The number of aliphatic hydroxyl groups excluding tert-OH is 1. The van der Waals surface area contributed by atoms with E-state index in [-0.39, 0.29) is 19.5 Å². The first-order valence-corrected chi connectivity index (χ1v) is 7.90. The summed E-state index contributed by atoms with van der Waals surface area (Å²) in [7, 11) is -2.54. The van der Waals surface area contributed by atoms with Gasteiger partial charge in [0.15, 0.2) is 0 Å². The number of β-amino-alcohol motifs (C(OH)–C–C–N with tert-alkyl or cyclic N) is 1. The van der Waals surface area contributed by atoms with Crippen LogP contribution in [0.3, 0.4) is 0 Å². The Balaban J connectivity index is 2.18. The lowest BCUT2D eigenvalue weighted by Gasteiger charge is -2.26. The van der Waals surface area contributed by atoms with E-state index in [9.17, 15) is 18.3 Å². The van der Waals surface area contributed by atoms with E-state index in [4.69, 9.17) is 5.11 Å². The highest BCUT2D eigenvalue weighted by Crippen LogP contribution is 2.24. The molecule has 8 heteroatoms. The summed E-state index contributed by atoms with van der Waals surface area (Å²) in [4.78, 5) is 11.1. The number of hydrogen-bond donors (Lipinski definition) is 2. The third-order valence-electron chi connectivity index (χ3n) is 3.46. The summed E-state index contributed by atoms with van der Waals surface area (Å²) in [6.07, 6.45) is -1.04. The van der Waals surface area contributed by atoms with Crippen LogP contribution in [0.2, 0.25) is 0 Å². The summed E-state index contributed by atoms with van der Waals surface area (Å²) in [5.74, 6) is -1.25. The Bertz CT molecular complexity index is 604. The maximum atomic E-state index is 12.5. The van der Waals surface area contributed by atoms with E-state index in [1.807, 2.05) is 6.07 Å². The van der Waals surface area contributed by atoms with Gasteiger partial charge in [-0.05, 0) is 5.56 Å². The summed E-state index contributed by atoms with van der Waals surface area (Å²) < 4.78 is 26.9. The predicted octanol–water partition coefficient (Wildman–Crippen LogP) is -0.117. The molecule has 0 saturated carbocycles. The van der Waals surface area contributed by atoms with Crippen LogP contribution in [-0.4, -0.2) is 58.9 Å². The minimum atomic E-state index is -3.94. The molecular weight excluding hydrogens is 296 g/mol. The quantitative estimate of drug-likeness (QED) is 0.790. The molecular formula is C13H18N2O5S. The van der Waals surface area contributed by atoms with Crippen LogP contribution < -0.4 is 0 Å². The lowest BCUT2D eigenvalue weighted by atomic mass is 10.2. The first kappa shape index (κ1) is 15.9. The van der Waals surface area contributed by atoms with Crippen LogP contribution in [0.5, 0.6) is 0 Å². The molecule has 0 spiro atoms. The van der Waals surface area contributed by atoms with Crippen molar-refractivity contribution in [2.45, 2.75) is 25.1 Å². The van der Waals surface area contributed by atoms with Gasteiger partial charge in [-0.2, -0.15) is 17.0 Å².